The second kappa shape index (κ2) is 5.40. The zero-order valence-electron chi connectivity index (χ0n) is 12.2. The molecular weight excluding hydrogens is 278 g/mol. The average Bonchev–Trinajstić information content (AvgIpc) is 2.79. The maximum atomic E-state index is 12.1. The number of carbonyl (C=O) groups is 2. The highest BCUT2D eigenvalue weighted by molar-refractivity contribution is 6.05. The van der Waals surface area contributed by atoms with Crippen LogP contribution >= 0.6 is 0 Å². The molecule has 0 aromatic rings. The Kier molecular flexibility index (Phi) is 3.73. The molecule has 0 unspecified atom stereocenters. The SMILES string of the molecule is CO[C@H]1OC2=CC[C@H]3C(=O)NC(=O)[C@H]3[C@H]2[C@H](OC)[C@H]1OC. The normalized spacial score (nSPS) is 41.8. The summed E-state index contributed by atoms with van der Waals surface area (Å²) in [4.78, 5) is 24.0. The molecule has 2 saturated heterocycles. The molecule has 7 heteroatoms. The van der Waals surface area contributed by atoms with Gasteiger partial charge in [0.1, 0.15) is 18.0 Å². The second-order valence-corrected chi connectivity index (χ2v) is 5.48. The summed E-state index contributed by atoms with van der Waals surface area (Å²) >= 11 is 0. The molecule has 0 bridgehead atoms. The van der Waals surface area contributed by atoms with Crippen LogP contribution in [0.3, 0.4) is 0 Å². The van der Waals surface area contributed by atoms with Crippen molar-refractivity contribution in [3.05, 3.63) is 11.8 Å². The van der Waals surface area contributed by atoms with Crippen molar-refractivity contribution in [1.82, 2.24) is 5.32 Å². The van der Waals surface area contributed by atoms with E-state index in [0.717, 1.165) is 0 Å². The van der Waals surface area contributed by atoms with Crippen LogP contribution in [-0.4, -0.2) is 51.6 Å². The van der Waals surface area contributed by atoms with Gasteiger partial charge in [-0.05, 0) is 12.5 Å². The van der Waals surface area contributed by atoms with E-state index in [2.05, 4.69) is 5.32 Å². The Balaban J connectivity index is 1.99. The van der Waals surface area contributed by atoms with Crippen LogP contribution < -0.4 is 5.32 Å². The zero-order chi connectivity index (χ0) is 15.1. The van der Waals surface area contributed by atoms with Crippen molar-refractivity contribution < 1.29 is 28.5 Å². The fourth-order valence-corrected chi connectivity index (χ4v) is 3.63. The van der Waals surface area contributed by atoms with E-state index in [-0.39, 0.29) is 23.7 Å². The molecule has 0 saturated carbocycles. The van der Waals surface area contributed by atoms with E-state index in [1.165, 1.54) is 7.11 Å². The molecule has 2 amide bonds. The summed E-state index contributed by atoms with van der Waals surface area (Å²) in [6, 6.07) is 0. The summed E-state index contributed by atoms with van der Waals surface area (Å²) in [5, 5.41) is 2.40. The first-order valence-corrected chi connectivity index (χ1v) is 6.92. The quantitative estimate of drug-likeness (QED) is 0.727. The fraction of sp³-hybridized carbons (Fsp3) is 0.714. The maximum Gasteiger partial charge on any atom is 0.231 e. The van der Waals surface area contributed by atoms with Crippen LogP contribution in [-0.2, 0) is 28.5 Å². The molecule has 1 N–H and O–H groups in total. The van der Waals surface area contributed by atoms with E-state index < -0.39 is 24.4 Å². The molecule has 3 aliphatic rings. The van der Waals surface area contributed by atoms with Gasteiger partial charge in [0, 0.05) is 21.3 Å². The molecule has 0 spiro atoms. The third kappa shape index (κ3) is 2.07. The lowest BCUT2D eigenvalue weighted by Crippen LogP contribution is -2.55. The molecule has 6 atom stereocenters. The fourth-order valence-electron chi connectivity index (χ4n) is 3.63. The van der Waals surface area contributed by atoms with Crippen molar-refractivity contribution in [2.24, 2.45) is 17.8 Å². The number of hydrogen-bond donors (Lipinski definition) is 1. The first-order valence-electron chi connectivity index (χ1n) is 6.92. The van der Waals surface area contributed by atoms with Crippen LogP contribution in [0.25, 0.3) is 0 Å². The van der Waals surface area contributed by atoms with Gasteiger partial charge in [-0.1, -0.05) is 0 Å². The van der Waals surface area contributed by atoms with Crippen LogP contribution in [0.15, 0.2) is 11.8 Å². The zero-order valence-corrected chi connectivity index (χ0v) is 12.2. The van der Waals surface area contributed by atoms with Crippen LogP contribution in [0.2, 0.25) is 0 Å². The first kappa shape index (κ1) is 14.5. The van der Waals surface area contributed by atoms with Gasteiger partial charge in [0.2, 0.25) is 18.1 Å². The van der Waals surface area contributed by atoms with Gasteiger partial charge < -0.3 is 18.9 Å². The third-order valence-corrected chi connectivity index (χ3v) is 4.58. The van der Waals surface area contributed by atoms with Crippen molar-refractivity contribution in [2.75, 3.05) is 21.3 Å². The van der Waals surface area contributed by atoms with Gasteiger partial charge in [-0.25, -0.2) is 0 Å². The monoisotopic (exact) mass is 297 g/mol. The van der Waals surface area contributed by atoms with Crippen LogP contribution in [0.4, 0.5) is 0 Å². The predicted octanol–water partition coefficient (Wildman–Crippen LogP) is -0.188. The molecule has 7 nitrogen and oxygen atoms in total. The molecule has 3 rings (SSSR count). The number of methoxy groups -OCH3 is 3. The molecule has 1 aliphatic carbocycles. The van der Waals surface area contributed by atoms with Gasteiger partial charge in [0.15, 0.2) is 0 Å². The maximum absolute atomic E-state index is 12.1. The topological polar surface area (TPSA) is 83.1 Å². The largest absolute Gasteiger partial charge is 0.466 e. The highest BCUT2D eigenvalue weighted by Gasteiger charge is 2.57. The minimum atomic E-state index is -0.598. The van der Waals surface area contributed by atoms with Crippen LogP contribution in [0.1, 0.15) is 6.42 Å². The van der Waals surface area contributed by atoms with Gasteiger partial charge in [-0.15, -0.1) is 0 Å². The lowest BCUT2D eigenvalue weighted by Gasteiger charge is -2.45. The Labute approximate surface area is 122 Å². The molecule has 2 fully saturated rings. The standard InChI is InChI=1S/C14H19NO6/c1-18-10-9-7(21-14(20-3)11(10)19-2)5-4-6-8(9)13(17)15-12(6)16/h5-6,8-11,14H,4H2,1-3H3,(H,15,16,17)/t6-,8-,9+,10+,11-,14+/m1/s1. The van der Waals surface area contributed by atoms with Gasteiger partial charge >= 0.3 is 0 Å². The summed E-state index contributed by atoms with van der Waals surface area (Å²) < 4.78 is 22.1. The third-order valence-electron chi connectivity index (χ3n) is 4.58. The van der Waals surface area contributed by atoms with E-state index in [9.17, 15) is 9.59 Å². The van der Waals surface area contributed by atoms with E-state index in [1.54, 1.807) is 14.2 Å². The minimum Gasteiger partial charge on any atom is -0.466 e. The summed E-state index contributed by atoms with van der Waals surface area (Å²) in [6.07, 6.45) is 0.861. The lowest BCUT2D eigenvalue weighted by molar-refractivity contribution is -0.245. The van der Waals surface area contributed by atoms with E-state index in [4.69, 9.17) is 18.9 Å². The van der Waals surface area contributed by atoms with Gasteiger partial charge in [-0.3, -0.25) is 14.9 Å². The van der Waals surface area contributed by atoms with Crippen LogP contribution in [0, 0.1) is 17.8 Å². The molecular formula is C14H19NO6. The Morgan fingerprint density at radius 3 is 2.38 bits per heavy atom. The summed E-state index contributed by atoms with van der Waals surface area (Å²) in [5.74, 6) is -1.01. The molecule has 0 aromatic heterocycles. The van der Waals surface area contributed by atoms with Crippen molar-refractivity contribution in [3.8, 4) is 0 Å². The minimum absolute atomic E-state index is 0.224. The molecule has 0 radical (unpaired) electrons. The number of rotatable bonds is 3. The molecule has 0 aromatic carbocycles. The smallest absolute Gasteiger partial charge is 0.231 e. The second-order valence-electron chi connectivity index (χ2n) is 5.48. The van der Waals surface area contributed by atoms with Gasteiger partial charge in [-0.2, -0.15) is 0 Å². The first-order chi connectivity index (χ1) is 10.1. The lowest BCUT2D eigenvalue weighted by atomic mass is 9.71. The average molecular weight is 297 g/mol. The number of hydrogen-bond acceptors (Lipinski definition) is 6. The Morgan fingerprint density at radius 1 is 1.05 bits per heavy atom. The van der Waals surface area contributed by atoms with E-state index in [0.29, 0.717) is 12.2 Å². The molecule has 116 valence electrons. The van der Waals surface area contributed by atoms with Gasteiger partial charge in [0.05, 0.1) is 17.8 Å². The Morgan fingerprint density at radius 2 is 1.76 bits per heavy atom. The number of carbonyl (C=O) groups excluding carboxylic acids is 2. The number of ether oxygens (including phenoxy) is 4. The highest BCUT2D eigenvalue weighted by Crippen LogP contribution is 2.46. The number of amides is 2. The predicted molar refractivity (Wildman–Crippen MR) is 69.8 cm³/mol. The van der Waals surface area contributed by atoms with E-state index in [1.807, 2.05) is 6.08 Å². The van der Waals surface area contributed by atoms with Crippen molar-refractivity contribution in [3.63, 3.8) is 0 Å². The number of imide groups is 1. The van der Waals surface area contributed by atoms with Gasteiger partial charge in [0.25, 0.3) is 0 Å². The highest BCUT2D eigenvalue weighted by atomic mass is 16.7. The van der Waals surface area contributed by atoms with Crippen molar-refractivity contribution in [1.29, 1.82) is 0 Å². The summed E-state index contributed by atoms with van der Waals surface area (Å²) in [7, 11) is 4.63. The Bertz CT molecular complexity index is 490. The summed E-state index contributed by atoms with van der Waals surface area (Å²) in [5.41, 5.74) is 0. The van der Waals surface area contributed by atoms with E-state index >= 15 is 0 Å². The molecule has 2 heterocycles. The molecule has 21 heavy (non-hydrogen) atoms. The molecule has 2 aliphatic heterocycles. The summed E-state index contributed by atoms with van der Waals surface area (Å²) in [6.45, 7) is 0. The number of nitrogens with one attached hydrogen (secondary N) is 1. The van der Waals surface area contributed by atoms with Crippen LogP contribution in [0.5, 0.6) is 0 Å². The number of fused-ring (bicyclic) bond motifs is 3. The van der Waals surface area contributed by atoms with Crippen molar-refractivity contribution >= 4 is 11.8 Å². The number of allylic oxidation sites excluding steroid dienone is 1. The Hall–Kier alpha value is -1.44. The van der Waals surface area contributed by atoms with Crippen molar-refractivity contribution in [2.45, 2.75) is 24.9 Å².